The number of ether oxygens (including phenoxy) is 1. The Labute approximate surface area is 131 Å². The highest BCUT2D eigenvalue weighted by atomic mass is 32.1. The summed E-state index contributed by atoms with van der Waals surface area (Å²) in [5.74, 6) is 1.09. The van der Waals surface area contributed by atoms with E-state index in [2.05, 4.69) is 10.3 Å². The Morgan fingerprint density at radius 2 is 2.18 bits per heavy atom. The summed E-state index contributed by atoms with van der Waals surface area (Å²) in [6.45, 7) is 1.87. The first-order valence-corrected chi connectivity index (χ1v) is 7.45. The van der Waals surface area contributed by atoms with Crippen molar-refractivity contribution in [2.45, 2.75) is 6.92 Å². The maximum atomic E-state index is 12.4. The number of anilines is 1. The number of furan rings is 1. The number of carbonyl (C=O) groups is 1. The molecule has 1 N–H and O–H groups in total. The van der Waals surface area contributed by atoms with Crippen LogP contribution in [0.3, 0.4) is 0 Å². The first kappa shape index (κ1) is 14.3. The lowest BCUT2D eigenvalue weighted by Crippen LogP contribution is -2.13. The molecule has 0 aliphatic rings. The third-order valence-electron chi connectivity index (χ3n) is 3.07. The van der Waals surface area contributed by atoms with E-state index in [0.717, 1.165) is 4.88 Å². The summed E-state index contributed by atoms with van der Waals surface area (Å²) in [5, 5.41) is 3.52. The fourth-order valence-corrected chi connectivity index (χ4v) is 2.88. The Bertz CT molecular complexity index is 794. The van der Waals surface area contributed by atoms with Crippen LogP contribution in [0, 0.1) is 6.92 Å². The Morgan fingerprint density at radius 3 is 2.91 bits per heavy atom. The number of methoxy groups -OCH3 is 1. The largest absolute Gasteiger partial charge is 0.497 e. The average molecular weight is 314 g/mol. The summed E-state index contributed by atoms with van der Waals surface area (Å²) in [6.07, 6.45) is 1.59. The van der Waals surface area contributed by atoms with Crippen molar-refractivity contribution in [1.29, 1.82) is 0 Å². The van der Waals surface area contributed by atoms with Gasteiger partial charge < -0.3 is 14.5 Å². The normalized spacial score (nSPS) is 10.5. The number of thiazole rings is 1. The van der Waals surface area contributed by atoms with Gasteiger partial charge in [-0.25, -0.2) is 4.98 Å². The molecule has 0 saturated carbocycles. The lowest BCUT2D eigenvalue weighted by atomic mass is 10.3. The standard InChI is InChI=1S/C16H14N2O3S/c1-10-14(18-16(22-10)13-7-4-8-21-13)15(19)17-11-5-3-6-12(9-11)20-2/h3-9H,1-2H3,(H,17,19). The van der Waals surface area contributed by atoms with Gasteiger partial charge in [-0.15, -0.1) is 11.3 Å². The van der Waals surface area contributed by atoms with Crippen molar-refractivity contribution in [1.82, 2.24) is 4.98 Å². The molecule has 6 heteroatoms. The van der Waals surface area contributed by atoms with Crippen LogP contribution in [0.25, 0.3) is 10.8 Å². The number of carbonyl (C=O) groups excluding carboxylic acids is 1. The van der Waals surface area contributed by atoms with E-state index in [1.165, 1.54) is 11.3 Å². The van der Waals surface area contributed by atoms with Gasteiger partial charge in [-0.05, 0) is 31.2 Å². The predicted octanol–water partition coefficient (Wildman–Crippen LogP) is 3.97. The minimum atomic E-state index is -0.250. The van der Waals surface area contributed by atoms with Gasteiger partial charge in [0.1, 0.15) is 11.4 Å². The van der Waals surface area contributed by atoms with Gasteiger partial charge in [0.2, 0.25) is 0 Å². The number of hydrogen-bond acceptors (Lipinski definition) is 5. The van der Waals surface area contributed by atoms with Crippen LogP contribution in [0.15, 0.2) is 47.1 Å². The summed E-state index contributed by atoms with van der Waals surface area (Å²) < 4.78 is 10.5. The number of hydrogen-bond donors (Lipinski definition) is 1. The number of rotatable bonds is 4. The SMILES string of the molecule is COc1cccc(NC(=O)c2nc(-c3ccco3)sc2C)c1. The molecule has 0 aliphatic heterocycles. The minimum absolute atomic E-state index is 0.250. The zero-order valence-corrected chi connectivity index (χ0v) is 12.9. The highest BCUT2D eigenvalue weighted by Crippen LogP contribution is 2.28. The molecule has 3 aromatic rings. The topological polar surface area (TPSA) is 64.4 Å². The third kappa shape index (κ3) is 2.87. The molecule has 1 aromatic carbocycles. The molecule has 0 unspecified atom stereocenters. The molecule has 0 saturated heterocycles. The van der Waals surface area contributed by atoms with Gasteiger partial charge in [-0.3, -0.25) is 4.79 Å². The van der Waals surface area contributed by atoms with Crippen LogP contribution in [0.1, 0.15) is 15.4 Å². The molecule has 2 aromatic heterocycles. The van der Waals surface area contributed by atoms with Gasteiger partial charge in [-0.2, -0.15) is 0 Å². The van der Waals surface area contributed by atoms with Crippen LogP contribution in [0.2, 0.25) is 0 Å². The first-order chi connectivity index (χ1) is 10.7. The lowest BCUT2D eigenvalue weighted by Gasteiger charge is -2.05. The Hall–Kier alpha value is -2.60. The molecule has 3 rings (SSSR count). The molecular weight excluding hydrogens is 300 g/mol. The summed E-state index contributed by atoms with van der Waals surface area (Å²) in [7, 11) is 1.58. The highest BCUT2D eigenvalue weighted by Gasteiger charge is 2.17. The van der Waals surface area contributed by atoms with Gasteiger partial charge in [0.15, 0.2) is 10.8 Å². The second-order valence-electron chi connectivity index (χ2n) is 4.59. The van der Waals surface area contributed by atoms with Crippen LogP contribution < -0.4 is 10.1 Å². The summed E-state index contributed by atoms with van der Waals surface area (Å²) in [6, 6.07) is 10.8. The monoisotopic (exact) mass is 314 g/mol. The predicted molar refractivity (Wildman–Crippen MR) is 85.5 cm³/mol. The zero-order chi connectivity index (χ0) is 15.5. The van der Waals surface area contributed by atoms with Crippen molar-refractivity contribution >= 4 is 22.9 Å². The van der Waals surface area contributed by atoms with Crippen LogP contribution in [-0.2, 0) is 0 Å². The van der Waals surface area contributed by atoms with Gasteiger partial charge >= 0.3 is 0 Å². The molecule has 112 valence electrons. The molecule has 0 radical (unpaired) electrons. The molecule has 2 heterocycles. The van der Waals surface area contributed by atoms with Crippen molar-refractivity contribution in [3.05, 3.63) is 53.2 Å². The van der Waals surface area contributed by atoms with E-state index >= 15 is 0 Å². The molecule has 0 bridgehead atoms. The van der Waals surface area contributed by atoms with Crippen LogP contribution in [0.5, 0.6) is 5.75 Å². The van der Waals surface area contributed by atoms with Gasteiger partial charge in [0.25, 0.3) is 5.91 Å². The van der Waals surface area contributed by atoms with E-state index in [0.29, 0.717) is 27.9 Å². The molecule has 0 spiro atoms. The number of benzene rings is 1. The maximum absolute atomic E-state index is 12.4. The molecule has 22 heavy (non-hydrogen) atoms. The Morgan fingerprint density at radius 1 is 1.32 bits per heavy atom. The number of nitrogens with one attached hydrogen (secondary N) is 1. The van der Waals surface area contributed by atoms with Crippen LogP contribution in [-0.4, -0.2) is 18.0 Å². The van der Waals surface area contributed by atoms with E-state index in [9.17, 15) is 4.79 Å². The van der Waals surface area contributed by atoms with E-state index in [1.807, 2.05) is 25.1 Å². The van der Waals surface area contributed by atoms with Crippen molar-refractivity contribution in [3.8, 4) is 16.5 Å². The summed E-state index contributed by atoms with van der Waals surface area (Å²) in [4.78, 5) is 17.6. The molecule has 0 aliphatic carbocycles. The second kappa shape index (κ2) is 6.03. The van der Waals surface area contributed by atoms with Crippen molar-refractivity contribution < 1.29 is 13.9 Å². The smallest absolute Gasteiger partial charge is 0.275 e. The summed E-state index contributed by atoms with van der Waals surface area (Å²) in [5.41, 5.74) is 1.07. The van der Waals surface area contributed by atoms with Gasteiger partial charge in [0, 0.05) is 16.6 Å². The number of aryl methyl sites for hydroxylation is 1. The van der Waals surface area contributed by atoms with E-state index < -0.39 is 0 Å². The number of nitrogens with zero attached hydrogens (tertiary/aromatic N) is 1. The minimum Gasteiger partial charge on any atom is -0.497 e. The quantitative estimate of drug-likeness (QED) is 0.791. The molecule has 0 fully saturated rings. The van der Waals surface area contributed by atoms with Gasteiger partial charge in [-0.1, -0.05) is 6.07 Å². The van der Waals surface area contributed by atoms with E-state index in [-0.39, 0.29) is 5.91 Å². The van der Waals surface area contributed by atoms with E-state index in [4.69, 9.17) is 9.15 Å². The number of aromatic nitrogens is 1. The molecular formula is C16H14N2O3S. The van der Waals surface area contributed by atoms with E-state index in [1.54, 1.807) is 31.6 Å². The Balaban J connectivity index is 1.83. The molecule has 5 nitrogen and oxygen atoms in total. The second-order valence-corrected chi connectivity index (χ2v) is 5.79. The molecule has 0 atom stereocenters. The lowest BCUT2D eigenvalue weighted by molar-refractivity contribution is 0.102. The fraction of sp³-hybridized carbons (Fsp3) is 0.125. The van der Waals surface area contributed by atoms with Crippen LogP contribution >= 0.6 is 11.3 Å². The van der Waals surface area contributed by atoms with Crippen molar-refractivity contribution in [3.63, 3.8) is 0 Å². The van der Waals surface area contributed by atoms with Crippen LogP contribution in [0.4, 0.5) is 5.69 Å². The summed E-state index contributed by atoms with van der Waals surface area (Å²) >= 11 is 1.43. The number of amides is 1. The average Bonchev–Trinajstić information content (AvgIpc) is 3.16. The molecule has 1 amide bonds. The fourth-order valence-electron chi connectivity index (χ4n) is 2.00. The van der Waals surface area contributed by atoms with Crippen molar-refractivity contribution in [2.75, 3.05) is 12.4 Å². The first-order valence-electron chi connectivity index (χ1n) is 6.64. The Kier molecular flexibility index (Phi) is 3.93. The third-order valence-corrected chi connectivity index (χ3v) is 4.06. The zero-order valence-electron chi connectivity index (χ0n) is 12.1. The van der Waals surface area contributed by atoms with Gasteiger partial charge in [0.05, 0.1) is 13.4 Å². The maximum Gasteiger partial charge on any atom is 0.275 e. The highest BCUT2D eigenvalue weighted by molar-refractivity contribution is 7.15. The van der Waals surface area contributed by atoms with Crippen molar-refractivity contribution in [2.24, 2.45) is 0 Å².